The Bertz CT molecular complexity index is 664. The Hall–Kier alpha value is -1.44. The maximum atomic E-state index is 12.2. The number of aromatic nitrogens is 2. The average Bonchev–Trinajstić information content (AvgIpc) is 2.83. The van der Waals surface area contributed by atoms with Crippen LogP contribution in [-0.2, 0) is 16.5 Å². The van der Waals surface area contributed by atoms with Crippen LogP contribution in [0.1, 0.15) is 25.1 Å². The van der Waals surface area contributed by atoms with Crippen LogP contribution in [0.2, 0.25) is 0 Å². The monoisotopic (exact) mass is 282 g/mol. The highest BCUT2D eigenvalue weighted by atomic mass is 16.7. The average molecular weight is 282 g/mol. The number of rotatable bonds is 1. The van der Waals surface area contributed by atoms with Crippen LogP contribution in [0, 0.1) is 12.8 Å². The summed E-state index contributed by atoms with van der Waals surface area (Å²) in [6.45, 7) is 3.83. The first-order valence-corrected chi connectivity index (χ1v) is 6.65. The molecular weight excluding hydrogens is 264 g/mol. The number of ether oxygens (including phenoxy) is 2. The van der Waals surface area contributed by atoms with Crippen LogP contribution < -0.4 is 11.2 Å². The van der Waals surface area contributed by atoms with Crippen LogP contribution >= 0.6 is 0 Å². The molecule has 4 unspecified atom stereocenters. The first kappa shape index (κ1) is 13.5. The Morgan fingerprint density at radius 3 is 2.85 bits per heavy atom. The molecule has 2 aliphatic rings. The van der Waals surface area contributed by atoms with Crippen molar-refractivity contribution >= 4 is 0 Å². The lowest BCUT2D eigenvalue weighted by molar-refractivity contribution is -0.251. The minimum absolute atomic E-state index is 0.0827. The molecule has 20 heavy (non-hydrogen) atoms. The highest BCUT2D eigenvalue weighted by molar-refractivity contribution is 5.05. The third kappa shape index (κ3) is 1.70. The standard InChI is InChI=1S/C13H18N2O5/c1-7-5-15(12(17)14(3)10(7)16)11-13(18)9(6-19-11)4-8(2)20-13/h5,8-9,11,18H,4,6H2,1-3H3. The van der Waals surface area contributed by atoms with Crippen molar-refractivity contribution in [2.24, 2.45) is 13.0 Å². The molecular formula is C13H18N2O5. The second kappa shape index (κ2) is 4.28. The van der Waals surface area contributed by atoms with Gasteiger partial charge in [0.05, 0.1) is 12.7 Å². The van der Waals surface area contributed by atoms with Crippen molar-refractivity contribution in [3.8, 4) is 0 Å². The second-order valence-electron chi connectivity index (χ2n) is 5.66. The van der Waals surface area contributed by atoms with Gasteiger partial charge in [0.2, 0.25) is 5.79 Å². The van der Waals surface area contributed by atoms with Crippen molar-refractivity contribution in [3.63, 3.8) is 0 Å². The molecule has 0 radical (unpaired) electrons. The van der Waals surface area contributed by atoms with Gasteiger partial charge in [-0.15, -0.1) is 0 Å². The van der Waals surface area contributed by atoms with E-state index in [4.69, 9.17) is 9.47 Å². The summed E-state index contributed by atoms with van der Waals surface area (Å²) in [7, 11) is 1.41. The smallest absolute Gasteiger partial charge is 0.333 e. The lowest BCUT2D eigenvalue weighted by Gasteiger charge is -2.29. The van der Waals surface area contributed by atoms with Crippen LogP contribution in [0.3, 0.4) is 0 Å². The van der Waals surface area contributed by atoms with Crippen LogP contribution in [0.5, 0.6) is 0 Å². The second-order valence-corrected chi connectivity index (χ2v) is 5.66. The van der Waals surface area contributed by atoms with Gasteiger partial charge in [-0.25, -0.2) is 4.79 Å². The number of fused-ring (bicyclic) bond motifs is 1. The molecule has 1 N–H and O–H groups in total. The van der Waals surface area contributed by atoms with E-state index in [2.05, 4.69) is 0 Å². The molecule has 0 spiro atoms. The van der Waals surface area contributed by atoms with Crippen LogP contribution in [0.25, 0.3) is 0 Å². The van der Waals surface area contributed by atoms with E-state index in [1.165, 1.54) is 17.8 Å². The Kier molecular flexibility index (Phi) is 2.89. The van der Waals surface area contributed by atoms with Gasteiger partial charge in [0.1, 0.15) is 0 Å². The molecule has 0 amide bonds. The third-order valence-electron chi connectivity index (χ3n) is 4.14. The van der Waals surface area contributed by atoms with Crippen molar-refractivity contribution in [2.75, 3.05) is 6.61 Å². The summed E-state index contributed by atoms with van der Waals surface area (Å²) in [6, 6.07) is 0. The van der Waals surface area contributed by atoms with Crippen LogP contribution in [0.4, 0.5) is 0 Å². The maximum Gasteiger partial charge on any atom is 0.333 e. The molecule has 0 aliphatic carbocycles. The van der Waals surface area contributed by atoms with Crippen molar-refractivity contribution < 1.29 is 14.6 Å². The fraction of sp³-hybridized carbons (Fsp3) is 0.692. The molecule has 7 heteroatoms. The van der Waals surface area contributed by atoms with Crippen molar-refractivity contribution in [1.82, 2.24) is 9.13 Å². The molecule has 1 aromatic heterocycles. The maximum absolute atomic E-state index is 12.2. The van der Waals surface area contributed by atoms with Gasteiger partial charge in [0, 0.05) is 24.7 Å². The van der Waals surface area contributed by atoms with E-state index in [1.807, 2.05) is 6.92 Å². The van der Waals surface area contributed by atoms with E-state index in [0.29, 0.717) is 18.6 Å². The number of aliphatic hydroxyl groups is 1. The van der Waals surface area contributed by atoms with Crippen molar-refractivity contribution in [3.05, 3.63) is 32.6 Å². The fourth-order valence-corrected chi connectivity index (χ4v) is 3.10. The van der Waals surface area contributed by atoms with Gasteiger partial charge in [0.25, 0.3) is 5.56 Å². The first-order valence-electron chi connectivity index (χ1n) is 6.65. The van der Waals surface area contributed by atoms with Gasteiger partial charge in [-0.3, -0.25) is 13.9 Å². The summed E-state index contributed by atoms with van der Waals surface area (Å²) < 4.78 is 13.4. The molecule has 0 bridgehead atoms. The van der Waals surface area contributed by atoms with Gasteiger partial charge in [-0.1, -0.05) is 0 Å². The van der Waals surface area contributed by atoms with E-state index in [-0.39, 0.29) is 17.6 Å². The molecule has 2 saturated heterocycles. The molecule has 2 aliphatic heterocycles. The van der Waals surface area contributed by atoms with Gasteiger partial charge in [-0.05, 0) is 20.3 Å². The Morgan fingerprint density at radius 2 is 2.15 bits per heavy atom. The highest BCUT2D eigenvalue weighted by Gasteiger charge is 2.58. The van der Waals surface area contributed by atoms with Crippen molar-refractivity contribution in [2.45, 2.75) is 38.4 Å². The topological polar surface area (TPSA) is 82.7 Å². The van der Waals surface area contributed by atoms with Crippen LogP contribution in [0.15, 0.2) is 15.8 Å². The molecule has 0 aromatic carbocycles. The van der Waals surface area contributed by atoms with Gasteiger partial charge in [-0.2, -0.15) is 0 Å². The zero-order valence-electron chi connectivity index (χ0n) is 11.7. The highest BCUT2D eigenvalue weighted by Crippen LogP contribution is 2.47. The Balaban J connectivity index is 2.11. The number of aryl methyl sites for hydroxylation is 1. The minimum Gasteiger partial charge on any atom is -0.362 e. The molecule has 0 saturated carbocycles. The molecule has 1 aromatic rings. The molecule has 4 atom stereocenters. The molecule has 3 heterocycles. The van der Waals surface area contributed by atoms with E-state index in [9.17, 15) is 14.7 Å². The molecule has 3 rings (SSSR count). The van der Waals surface area contributed by atoms with E-state index < -0.39 is 17.7 Å². The summed E-state index contributed by atoms with van der Waals surface area (Å²) in [4.78, 5) is 24.0. The fourth-order valence-electron chi connectivity index (χ4n) is 3.10. The molecule has 7 nitrogen and oxygen atoms in total. The predicted octanol–water partition coefficient (Wildman–Crippen LogP) is -0.502. The van der Waals surface area contributed by atoms with Crippen molar-refractivity contribution in [1.29, 1.82) is 0 Å². The Labute approximate surface area is 115 Å². The van der Waals surface area contributed by atoms with Gasteiger partial charge < -0.3 is 14.6 Å². The summed E-state index contributed by atoms with van der Waals surface area (Å²) in [5.74, 6) is -1.67. The zero-order valence-corrected chi connectivity index (χ0v) is 11.7. The summed E-state index contributed by atoms with van der Waals surface area (Å²) in [6.07, 6.45) is 1.10. The van der Waals surface area contributed by atoms with Gasteiger partial charge >= 0.3 is 5.69 Å². The van der Waals surface area contributed by atoms with E-state index >= 15 is 0 Å². The first-order chi connectivity index (χ1) is 9.34. The number of hydrogen-bond acceptors (Lipinski definition) is 5. The predicted molar refractivity (Wildman–Crippen MR) is 69.3 cm³/mol. The van der Waals surface area contributed by atoms with Gasteiger partial charge in [0.15, 0.2) is 6.23 Å². The molecule has 110 valence electrons. The Morgan fingerprint density at radius 1 is 1.45 bits per heavy atom. The minimum atomic E-state index is -1.51. The number of hydrogen-bond donors (Lipinski definition) is 1. The molecule has 2 fully saturated rings. The number of nitrogens with zero attached hydrogens (tertiary/aromatic N) is 2. The normalized spacial score (nSPS) is 36.3. The third-order valence-corrected chi connectivity index (χ3v) is 4.14. The SMILES string of the molecule is Cc1cn(C2OCC3CC(C)OC32O)c(=O)n(C)c1=O. The quantitative estimate of drug-likeness (QED) is 0.750. The summed E-state index contributed by atoms with van der Waals surface area (Å²) in [5, 5.41) is 10.7. The van der Waals surface area contributed by atoms with Crippen LogP contribution in [-0.4, -0.2) is 32.7 Å². The summed E-state index contributed by atoms with van der Waals surface area (Å²) >= 11 is 0. The van der Waals surface area contributed by atoms with E-state index in [0.717, 1.165) is 4.57 Å². The summed E-state index contributed by atoms with van der Waals surface area (Å²) in [5.41, 5.74) is -0.467. The zero-order chi connectivity index (χ0) is 14.7. The largest absolute Gasteiger partial charge is 0.362 e. The lowest BCUT2D eigenvalue weighted by Crippen LogP contribution is -2.47. The lowest BCUT2D eigenvalue weighted by atomic mass is 9.99. The van der Waals surface area contributed by atoms with E-state index in [1.54, 1.807) is 6.92 Å².